The first-order valence-electron chi connectivity index (χ1n) is 10.2. The number of phenols is 1. The first-order chi connectivity index (χ1) is 14.7. The molecular formula is C24H28FNO5. The largest absolute Gasteiger partial charge is 0.504 e. The first-order valence-corrected chi connectivity index (χ1v) is 10.2. The highest BCUT2D eigenvalue weighted by Gasteiger charge is 2.23. The Kier molecular flexibility index (Phi) is 6.97. The molecule has 6 nitrogen and oxygen atoms in total. The van der Waals surface area contributed by atoms with E-state index in [2.05, 4.69) is 4.98 Å². The number of methoxy groups -OCH3 is 1. The van der Waals surface area contributed by atoms with Gasteiger partial charge in [0.1, 0.15) is 5.82 Å². The Labute approximate surface area is 181 Å². The minimum atomic E-state index is -1.31. The van der Waals surface area contributed by atoms with Gasteiger partial charge in [-0.3, -0.25) is 0 Å². The zero-order chi connectivity index (χ0) is 22.6. The maximum absolute atomic E-state index is 13.3. The molecule has 0 aliphatic carbocycles. The van der Waals surface area contributed by atoms with Crippen molar-refractivity contribution < 1.29 is 28.5 Å². The number of ether oxygens (including phenoxy) is 2. The monoisotopic (exact) mass is 429 g/mol. The van der Waals surface area contributed by atoms with E-state index in [0.29, 0.717) is 59.6 Å². The molecule has 7 heteroatoms. The number of oxazole rings is 1. The summed E-state index contributed by atoms with van der Waals surface area (Å²) in [4.78, 5) is 4.59. The average Bonchev–Trinajstić information content (AvgIpc) is 3.16. The van der Waals surface area contributed by atoms with Gasteiger partial charge in [-0.25, -0.2) is 9.37 Å². The van der Waals surface area contributed by atoms with Gasteiger partial charge < -0.3 is 24.1 Å². The van der Waals surface area contributed by atoms with Crippen LogP contribution in [0.4, 0.5) is 4.39 Å². The molecule has 0 radical (unpaired) electrons. The molecule has 3 rings (SSSR count). The molecule has 1 atom stereocenters. The summed E-state index contributed by atoms with van der Waals surface area (Å²) in [6, 6.07) is 10.8. The molecule has 0 aliphatic heterocycles. The Balaban J connectivity index is 2.00. The molecule has 2 aromatic carbocycles. The van der Waals surface area contributed by atoms with Crippen LogP contribution in [0.25, 0.3) is 22.8 Å². The van der Waals surface area contributed by atoms with E-state index < -0.39 is 5.79 Å². The lowest BCUT2D eigenvalue weighted by atomic mass is 10.1. The highest BCUT2D eigenvalue weighted by atomic mass is 19.1. The quantitative estimate of drug-likeness (QED) is 0.456. The van der Waals surface area contributed by atoms with Crippen LogP contribution in [0, 0.1) is 11.7 Å². The molecule has 1 unspecified atom stereocenters. The molecule has 0 bridgehead atoms. The Hall–Kier alpha value is -2.90. The van der Waals surface area contributed by atoms with Gasteiger partial charge in [0.15, 0.2) is 23.0 Å². The fourth-order valence-corrected chi connectivity index (χ4v) is 2.94. The van der Waals surface area contributed by atoms with E-state index in [-0.39, 0.29) is 11.6 Å². The Bertz CT molecular complexity index is 1010. The van der Waals surface area contributed by atoms with Crippen LogP contribution in [-0.4, -0.2) is 34.7 Å². The van der Waals surface area contributed by atoms with Gasteiger partial charge in [0.05, 0.1) is 12.3 Å². The fraction of sp³-hybridized carbons (Fsp3) is 0.375. The second-order valence-corrected chi connectivity index (χ2v) is 8.07. The summed E-state index contributed by atoms with van der Waals surface area (Å²) in [5.74, 6) is -0.164. The van der Waals surface area contributed by atoms with E-state index >= 15 is 0 Å². The molecule has 0 fully saturated rings. The third-order valence-corrected chi connectivity index (χ3v) is 4.85. The van der Waals surface area contributed by atoms with E-state index in [9.17, 15) is 14.6 Å². The number of aromatic hydroxyl groups is 1. The van der Waals surface area contributed by atoms with E-state index in [1.54, 1.807) is 37.3 Å². The Morgan fingerprint density at radius 1 is 1.13 bits per heavy atom. The number of aliphatic hydroxyl groups is 1. The number of rotatable bonds is 9. The van der Waals surface area contributed by atoms with Crippen molar-refractivity contribution in [3.8, 4) is 34.3 Å². The van der Waals surface area contributed by atoms with Gasteiger partial charge >= 0.3 is 0 Å². The number of nitrogens with zero attached hydrogens (tertiary/aromatic N) is 1. The molecule has 2 N–H and O–H groups in total. The summed E-state index contributed by atoms with van der Waals surface area (Å²) in [6.07, 6.45) is 0.671. The third-order valence-electron chi connectivity index (χ3n) is 4.85. The van der Waals surface area contributed by atoms with Crippen molar-refractivity contribution in [1.82, 2.24) is 4.98 Å². The minimum Gasteiger partial charge on any atom is -0.504 e. The zero-order valence-electron chi connectivity index (χ0n) is 18.2. The highest BCUT2D eigenvalue weighted by molar-refractivity contribution is 5.67. The number of benzene rings is 2. The van der Waals surface area contributed by atoms with Gasteiger partial charge in [-0.05, 0) is 61.7 Å². The predicted octanol–water partition coefficient (Wildman–Crippen LogP) is 5.18. The van der Waals surface area contributed by atoms with Gasteiger partial charge in [-0.1, -0.05) is 13.8 Å². The summed E-state index contributed by atoms with van der Waals surface area (Å²) in [5, 5.41) is 20.4. The number of halogens is 1. The summed E-state index contributed by atoms with van der Waals surface area (Å²) in [5.41, 5.74) is 1.91. The van der Waals surface area contributed by atoms with Crippen molar-refractivity contribution in [2.45, 2.75) is 39.4 Å². The maximum Gasteiger partial charge on any atom is 0.227 e. The van der Waals surface area contributed by atoms with Gasteiger partial charge in [0, 0.05) is 24.7 Å². The number of aryl methyl sites for hydroxylation is 1. The summed E-state index contributed by atoms with van der Waals surface area (Å²) >= 11 is 0. The SMILES string of the molecule is COC(C)(O)CCc1nc(-c2ccc(F)cc2)oc1-c1ccc(O)c(OCC(C)C)c1. The lowest BCUT2D eigenvalue weighted by Gasteiger charge is -2.20. The van der Waals surface area contributed by atoms with E-state index in [0.717, 1.165) is 0 Å². The molecule has 0 saturated carbocycles. The second-order valence-electron chi connectivity index (χ2n) is 8.07. The van der Waals surface area contributed by atoms with Gasteiger partial charge in [0.2, 0.25) is 5.89 Å². The molecule has 0 amide bonds. The summed E-state index contributed by atoms with van der Waals surface area (Å²) in [7, 11) is 1.44. The molecular weight excluding hydrogens is 401 g/mol. The lowest BCUT2D eigenvalue weighted by molar-refractivity contribution is -0.174. The normalized spacial score (nSPS) is 13.4. The number of hydrogen-bond acceptors (Lipinski definition) is 6. The van der Waals surface area contributed by atoms with Crippen LogP contribution in [0.5, 0.6) is 11.5 Å². The van der Waals surface area contributed by atoms with Crippen LogP contribution >= 0.6 is 0 Å². The van der Waals surface area contributed by atoms with Crippen molar-refractivity contribution in [2.24, 2.45) is 5.92 Å². The smallest absolute Gasteiger partial charge is 0.227 e. The van der Waals surface area contributed by atoms with Crippen molar-refractivity contribution in [3.63, 3.8) is 0 Å². The van der Waals surface area contributed by atoms with Crippen LogP contribution in [0.2, 0.25) is 0 Å². The van der Waals surface area contributed by atoms with Crippen LogP contribution in [0.15, 0.2) is 46.9 Å². The van der Waals surface area contributed by atoms with Crippen molar-refractivity contribution in [1.29, 1.82) is 0 Å². The minimum absolute atomic E-state index is 0.0338. The molecule has 0 aliphatic rings. The lowest BCUT2D eigenvalue weighted by Crippen LogP contribution is -2.27. The van der Waals surface area contributed by atoms with Gasteiger partial charge in [-0.2, -0.15) is 0 Å². The number of phenolic OH excluding ortho intramolecular Hbond substituents is 1. The molecule has 0 spiro atoms. The molecule has 1 aromatic heterocycles. The Morgan fingerprint density at radius 3 is 2.45 bits per heavy atom. The van der Waals surface area contributed by atoms with Crippen molar-refractivity contribution in [3.05, 3.63) is 54.0 Å². The number of hydrogen-bond donors (Lipinski definition) is 2. The van der Waals surface area contributed by atoms with E-state index in [1.165, 1.54) is 19.2 Å². The molecule has 0 saturated heterocycles. The average molecular weight is 429 g/mol. The van der Waals surface area contributed by atoms with Crippen molar-refractivity contribution in [2.75, 3.05) is 13.7 Å². The zero-order valence-corrected chi connectivity index (χ0v) is 18.2. The predicted molar refractivity (Wildman–Crippen MR) is 115 cm³/mol. The standard InChI is InChI=1S/C24H28FNO5/c1-15(2)14-30-21-13-17(7-10-20(21)27)22-19(11-12-24(3,28)29-4)26-23(31-22)16-5-8-18(25)9-6-16/h5-10,13,15,27-28H,11-12,14H2,1-4H3. The highest BCUT2D eigenvalue weighted by Crippen LogP contribution is 2.36. The number of aromatic nitrogens is 1. The van der Waals surface area contributed by atoms with Crippen LogP contribution < -0.4 is 4.74 Å². The van der Waals surface area contributed by atoms with Crippen LogP contribution in [-0.2, 0) is 11.2 Å². The van der Waals surface area contributed by atoms with Crippen LogP contribution in [0.1, 0.15) is 32.9 Å². The molecule has 3 aromatic rings. The van der Waals surface area contributed by atoms with Crippen LogP contribution in [0.3, 0.4) is 0 Å². The van der Waals surface area contributed by atoms with E-state index in [1.807, 2.05) is 13.8 Å². The fourth-order valence-electron chi connectivity index (χ4n) is 2.94. The second kappa shape index (κ2) is 9.49. The van der Waals surface area contributed by atoms with E-state index in [4.69, 9.17) is 13.9 Å². The van der Waals surface area contributed by atoms with Gasteiger partial charge in [-0.15, -0.1) is 0 Å². The summed E-state index contributed by atoms with van der Waals surface area (Å²) < 4.78 is 30.2. The first kappa shape index (κ1) is 22.8. The Morgan fingerprint density at radius 2 is 1.81 bits per heavy atom. The summed E-state index contributed by atoms with van der Waals surface area (Å²) in [6.45, 7) is 6.07. The van der Waals surface area contributed by atoms with Gasteiger partial charge in [0.25, 0.3) is 0 Å². The topological polar surface area (TPSA) is 85.0 Å². The molecule has 31 heavy (non-hydrogen) atoms. The molecule has 1 heterocycles. The third kappa shape index (κ3) is 5.83. The maximum atomic E-state index is 13.3. The molecule has 166 valence electrons. The van der Waals surface area contributed by atoms with Crippen molar-refractivity contribution >= 4 is 0 Å².